The third kappa shape index (κ3) is 7.01. The van der Waals surface area contributed by atoms with Crippen LogP contribution in [0.15, 0.2) is 158 Å². The van der Waals surface area contributed by atoms with Crippen molar-refractivity contribution in [3.63, 3.8) is 0 Å². The van der Waals surface area contributed by atoms with Crippen LogP contribution < -0.4 is 14.5 Å². The van der Waals surface area contributed by atoms with Crippen LogP contribution in [-0.4, -0.2) is 9.55 Å². The number of hydrogen-bond donors (Lipinski definition) is 0. The molecule has 0 bridgehead atoms. The Morgan fingerprint density at radius 2 is 1.28 bits per heavy atom. The fraction of sp³-hybridized carbons (Fsp3) is 0.127. The minimum absolute atomic E-state index is 0. The second-order valence-corrected chi connectivity index (χ2v) is 16.1. The minimum Gasteiger partial charge on any atom is -0.509 e. The Balaban J connectivity index is 0.00000578. The van der Waals surface area contributed by atoms with Crippen molar-refractivity contribution in [3.05, 3.63) is 199 Å². The van der Waals surface area contributed by atoms with E-state index >= 15 is 0 Å². The van der Waals surface area contributed by atoms with Crippen molar-refractivity contribution in [3.8, 4) is 39.6 Å². The fourth-order valence-electron chi connectivity index (χ4n) is 8.28. The van der Waals surface area contributed by atoms with Crippen molar-refractivity contribution < 1.29 is 35.4 Å². The average Bonchev–Trinajstić information content (AvgIpc) is 3.88. The van der Waals surface area contributed by atoms with E-state index in [9.17, 15) is 1.37 Å². The van der Waals surface area contributed by atoms with Crippen LogP contribution >= 0.6 is 0 Å². The first-order valence-corrected chi connectivity index (χ1v) is 20.0. The van der Waals surface area contributed by atoms with Gasteiger partial charge in [0.2, 0.25) is 0 Å². The molecule has 7 aromatic carbocycles. The van der Waals surface area contributed by atoms with Gasteiger partial charge in [-0.2, -0.15) is 12.1 Å². The Morgan fingerprint density at radius 1 is 0.639 bits per heavy atom. The standard InChI is InChI=1S/C55H45N4O.Pt/c1-36-37(2)52(39-18-9-7-10-19-39)54(53(38(36)3)40-20-11-8-12-21-40)58-35-57(48-26-15-16-27-49(48)58)42-22-17-23-43(33-42)60-44-28-29-46-45-24-13-14-25-47(45)59(50(46)34-44)51-32-41(30-31-56-51)55(4,5)6;/h7-32,35H,1-6H3;/q-3;/i13D,14D,17D,22D,23D,24D,25D;. The van der Waals surface area contributed by atoms with E-state index < -0.39 is 0 Å². The van der Waals surface area contributed by atoms with Gasteiger partial charge in [0.25, 0.3) is 0 Å². The normalized spacial score (nSPS) is 14.1. The predicted octanol–water partition coefficient (Wildman–Crippen LogP) is 14.5. The quantitative estimate of drug-likeness (QED) is 0.149. The van der Waals surface area contributed by atoms with Gasteiger partial charge in [-0.05, 0) is 98.0 Å². The number of benzene rings is 7. The number of ether oxygens (including phenoxy) is 1. The molecule has 0 aliphatic carbocycles. The molecule has 3 heterocycles. The molecule has 0 amide bonds. The smallest absolute Gasteiger partial charge is 0.135 e. The van der Waals surface area contributed by atoms with Crippen molar-refractivity contribution >= 4 is 44.6 Å². The number of anilines is 4. The number of hydrogen-bond acceptors (Lipinski definition) is 4. The zero-order chi connectivity index (χ0) is 47.2. The van der Waals surface area contributed by atoms with Gasteiger partial charge >= 0.3 is 0 Å². The third-order valence-corrected chi connectivity index (χ3v) is 11.5. The van der Waals surface area contributed by atoms with Crippen LogP contribution in [0.4, 0.5) is 22.7 Å². The Labute approximate surface area is 383 Å². The Hall–Kier alpha value is -6.42. The minimum atomic E-state index is -0.372. The summed E-state index contributed by atoms with van der Waals surface area (Å²) < 4.78 is 70.7. The first-order chi connectivity index (χ1) is 32.1. The molecule has 0 N–H and O–H groups in total. The van der Waals surface area contributed by atoms with E-state index in [0.29, 0.717) is 22.1 Å². The molecule has 0 saturated heterocycles. The number of pyridine rings is 1. The van der Waals surface area contributed by atoms with Crippen molar-refractivity contribution in [2.24, 2.45) is 0 Å². The van der Waals surface area contributed by atoms with Gasteiger partial charge in [-0.3, -0.25) is 0 Å². The molecule has 0 atom stereocenters. The molecule has 6 heteroatoms. The third-order valence-electron chi connectivity index (χ3n) is 11.5. The number of aromatic nitrogens is 2. The van der Waals surface area contributed by atoms with Gasteiger partial charge in [0.1, 0.15) is 5.82 Å². The Bertz CT molecular complexity index is 3420. The molecular weight excluding hydrogens is 928 g/mol. The summed E-state index contributed by atoms with van der Waals surface area (Å²) in [5.74, 6) is 0.475. The van der Waals surface area contributed by atoms with Crippen LogP contribution in [-0.2, 0) is 26.5 Å². The number of nitrogens with zero attached hydrogens (tertiary/aromatic N) is 4. The number of para-hydroxylation sites is 3. The van der Waals surface area contributed by atoms with E-state index in [4.69, 9.17) is 13.0 Å². The summed E-state index contributed by atoms with van der Waals surface area (Å²) in [7, 11) is 0. The van der Waals surface area contributed by atoms with Gasteiger partial charge < -0.3 is 19.1 Å². The van der Waals surface area contributed by atoms with Crippen LogP contribution in [0, 0.1) is 39.6 Å². The van der Waals surface area contributed by atoms with Gasteiger partial charge in [0.05, 0.1) is 5.48 Å². The second kappa shape index (κ2) is 15.9. The van der Waals surface area contributed by atoms with Crippen LogP contribution in [0.1, 0.15) is 52.6 Å². The summed E-state index contributed by atoms with van der Waals surface area (Å²) in [5.41, 5.74) is 11.8. The number of rotatable bonds is 7. The van der Waals surface area contributed by atoms with E-state index in [0.717, 1.165) is 56.0 Å². The molecule has 1 aliphatic rings. The van der Waals surface area contributed by atoms with Crippen molar-refractivity contribution in [1.82, 2.24) is 9.55 Å². The molecule has 0 unspecified atom stereocenters. The summed E-state index contributed by atoms with van der Waals surface area (Å²) in [6.45, 7) is 14.7. The van der Waals surface area contributed by atoms with Gasteiger partial charge in [0, 0.05) is 73.8 Å². The summed E-state index contributed by atoms with van der Waals surface area (Å²) in [4.78, 5) is 8.67. The van der Waals surface area contributed by atoms with Crippen LogP contribution in [0.25, 0.3) is 49.9 Å². The predicted molar refractivity (Wildman–Crippen MR) is 248 cm³/mol. The largest absolute Gasteiger partial charge is 0.509 e. The molecule has 0 radical (unpaired) electrons. The monoisotopic (exact) mass is 979 g/mol. The van der Waals surface area contributed by atoms with E-state index in [-0.39, 0.29) is 91.5 Å². The first-order valence-electron chi connectivity index (χ1n) is 23.5. The summed E-state index contributed by atoms with van der Waals surface area (Å²) in [6, 6.07) is 40.2. The molecule has 0 spiro atoms. The maximum atomic E-state index is 9.31. The van der Waals surface area contributed by atoms with E-state index in [1.165, 1.54) is 5.56 Å². The maximum Gasteiger partial charge on any atom is 0.135 e. The molecule has 304 valence electrons. The van der Waals surface area contributed by atoms with Gasteiger partial charge in [-0.15, -0.1) is 48.0 Å². The average molecular weight is 980 g/mol. The topological polar surface area (TPSA) is 33.5 Å². The molecule has 1 aliphatic heterocycles. The van der Waals surface area contributed by atoms with E-state index in [1.54, 1.807) is 22.9 Å². The summed E-state index contributed by atoms with van der Waals surface area (Å²) in [5, 5.41) is 0.817. The Morgan fingerprint density at radius 3 is 1.95 bits per heavy atom. The summed E-state index contributed by atoms with van der Waals surface area (Å²) >= 11 is 0. The summed E-state index contributed by atoms with van der Waals surface area (Å²) in [6.07, 6.45) is 1.68. The second-order valence-electron chi connectivity index (χ2n) is 16.1. The van der Waals surface area contributed by atoms with Crippen LogP contribution in [0.3, 0.4) is 0 Å². The van der Waals surface area contributed by atoms with Crippen molar-refractivity contribution in [2.75, 3.05) is 9.80 Å². The van der Waals surface area contributed by atoms with E-state index in [2.05, 4.69) is 87.8 Å². The Kier molecular flexibility index (Phi) is 8.42. The fourth-order valence-corrected chi connectivity index (χ4v) is 8.28. The van der Waals surface area contributed by atoms with Crippen LogP contribution in [0.5, 0.6) is 11.5 Å². The van der Waals surface area contributed by atoms with Crippen molar-refractivity contribution in [1.29, 1.82) is 0 Å². The molecule has 61 heavy (non-hydrogen) atoms. The first kappa shape index (κ1) is 32.4. The SMILES string of the molecule is [2H]c1c(Oc2[c-]c3c(cc2)c2c([2H])c([2H])c([2H])c([2H])c2n3-c2cc(C(C)(C)C)ccn2)[c-]c(N2[CH-]N(c3c(-c4ccccc4)c(C)c(C)c(C)c3-c3ccccc3)c3ccccc32)c([2H])c1[2H].[Pt]. The number of fused-ring (bicyclic) bond motifs is 4. The molecular formula is C55H45N4OPt-3. The van der Waals surface area contributed by atoms with Crippen LogP contribution in [0.2, 0.25) is 0 Å². The van der Waals surface area contributed by atoms with Crippen molar-refractivity contribution in [2.45, 2.75) is 47.0 Å². The van der Waals surface area contributed by atoms with Gasteiger partial charge in [-0.25, -0.2) is 4.98 Å². The molecule has 0 fully saturated rings. The molecule has 9 aromatic rings. The maximum absolute atomic E-state index is 9.31. The molecule has 0 saturated carbocycles. The van der Waals surface area contributed by atoms with E-state index in [1.807, 2.05) is 84.4 Å². The molecule has 2 aromatic heterocycles. The molecule has 5 nitrogen and oxygen atoms in total. The van der Waals surface area contributed by atoms with Gasteiger partial charge in [-0.1, -0.05) is 117 Å². The molecule has 10 rings (SSSR count). The van der Waals surface area contributed by atoms with Gasteiger partial charge in [0.15, 0.2) is 0 Å². The zero-order valence-electron chi connectivity index (χ0n) is 41.6. The zero-order valence-corrected chi connectivity index (χ0v) is 36.8.